The first kappa shape index (κ1) is 20.8. The minimum Gasteiger partial charge on any atom is -0.494 e. The zero-order chi connectivity index (χ0) is 22.1. The minimum atomic E-state index is -0.380. The van der Waals surface area contributed by atoms with E-state index in [0.717, 1.165) is 18.4 Å². The van der Waals surface area contributed by atoms with Crippen molar-refractivity contribution in [3.8, 4) is 17.0 Å². The van der Waals surface area contributed by atoms with Crippen molar-refractivity contribution >= 4 is 17.1 Å². The fraction of sp³-hybridized carbons (Fsp3) is 0.292. The quantitative estimate of drug-likeness (QED) is 0.533. The molecule has 4 rings (SSSR count). The van der Waals surface area contributed by atoms with E-state index in [2.05, 4.69) is 10.4 Å². The Balaban J connectivity index is 1.85. The number of benzene rings is 2. The van der Waals surface area contributed by atoms with Crippen molar-refractivity contribution in [2.75, 3.05) is 12.4 Å². The van der Waals surface area contributed by atoms with E-state index in [-0.39, 0.29) is 17.1 Å². The van der Waals surface area contributed by atoms with E-state index in [0.29, 0.717) is 46.4 Å². The lowest BCUT2D eigenvalue weighted by Crippen LogP contribution is -2.26. The number of hydrogen-bond donors (Lipinski definition) is 2. The number of aromatic nitrogens is 2. The van der Waals surface area contributed by atoms with Crippen molar-refractivity contribution in [3.05, 3.63) is 69.8 Å². The zero-order valence-corrected chi connectivity index (χ0v) is 17.8. The monoisotopic (exact) mass is 420 g/mol. The van der Waals surface area contributed by atoms with Gasteiger partial charge < -0.3 is 15.5 Å². The van der Waals surface area contributed by atoms with Gasteiger partial charge in [0, 0.05) is 23.4 Å². The van der Waals surface area contributed by atoms with Crippen LogP contribution in [-0.4, -0.2) is 22.6 Å². The Bertz CT molecular complexity index is 1190. The van der Waals surface area contributed by atoms with Gasteiger partial charge in [-0.1, -0.05) is 18.2 Å². The molecule has 0 radical (unpaired) electrons. The van der Waals surface area contributed by atoms with E-state index >= 15 is 0 Å². The van der Waals surface area contributed by atoms with Crippen molar-refractivity contribution in [3.63, 3.8) is 0 Å². The van der Waals surface area contributed by atoms with E-state index in [4.69, 9.17) is 10.1 Å². The molecule has 160 valence electrons. The summed E-state index contributed by atoms with van der Waals surface area (Å²) in [5.74, 6) is 0.520. The number of aryl methyl sites for hydroxylation is 1. The third-order valence-electron chi connectivity index (χ3n) is 5.47. The van der Waals surface area contributed by atoms with Crippen LogP contribution in [-0.2, 0) is 6.54 Å². The maximum atomic E-state index is 14.7. The summed E-state index contributed by atoms with van der Waals surface area (Å²) in [5, 5.41) is 15.6. The number of hydrogen-bond acceptors (Lipinski definition) is 5. The highest BCUT2D eigenvalue weighted by Crippen LogP contribution is 2.33. The molecule has 1 aliphatic rings. The first-order valence-electron chi connectivity index (χ1n) is 10.3. The normalized spacial score (nSPS) is 13.2. The molecular weight excluding hydrogens is 395 g/mol. The predicted molar refractivity (Wildman–Crippen MR) is 120 cm³/mol. The summed E-state index contributed by atoms with van der Waals surface area (Å²) in [5.41, 5.74) is 3.07. The summed E-state index contributed by atoms with van der Waals surface area (Å²) in [6.07, 6.45) is 2.13. The Morgan fingerprint density at radius 2 is 2.00 bits per heavy atom. The lowest BCUT2D eigenvalue weighted by Gasteiger charge is -2.16. The molecule has 3 aromatic rings. The SMILES string of the molecule is COc1c(Nc2cc(-c3c(C)cccc3F)nn(CC3CC3)c2=O)cccc1C(C)=N. The number of rotatable bonds is 7. The molecule has 1 saturated carbocycles. The molecule has 0 saturated heterocycles. The molecule has 1 heterocycles. The fourth-order valence-corrected chi connectivity index (χ4v) is 3.67. The van der Waals surface area contributed by atoms with Crippen LogP contribution in [0.4, 0.5) is 15.8 Å². The van der Waals surface area contributed by atoms with Crippen molar-refractivity contribution in [1.29, 1.82) is 5.41 Å². The van der Waals surface area contributed by atoms with Gasteiger partial charge in [0.25, 0.3) is 5.56 Å². The second-order valence-corrected chi connectivity index (χ2v) is 7.94. The van der Waals surface area contributed by atoms with Gasteiger partial charge in [-0.15, -0.1) is 0 Å². The molecule has 0 bridgehead atoms. The Morgan fingerprint density at radius 3 is 2.65 bits per heavy atom. The molecule has 0 atom stereocenters. The molecule has 0 aliphatic heterocycles. The summed E-state index contributed by atoms with van der Waals surface area (Å²) in [7, 11) is 1.53. The maximum Gasteiger partial charge on any atom is 0.290 e. The highest BCUT2D eigenvalue weighted by Gasteiger charge is 2.24. The molecule has 0 unspecified atom stereocenters. The molecule has 2 N–H and O–H groups in total. The maximum absolute atomic E-state index is 14.7. The number of nitrogens with one attached hydrogen (secondary N) is 2. The fourth-order valence-electron chi connectivity index (χ4n) is 3.67. The van der Waals surface area contributed by atoms with Crippen LogP contribution in [0.5, 0.6) is 5.75 Å². The molecule has 31 heavy (non-hydrogen) atoms. The average molecular weight is 420 g/mol. The molecule has 0 spiro atoms. The Labute approximate surface area is 180 Å². The van der Waals surface area contributed by atoms with Gasteiger partial charge in [0.15, 0.2) is 5.75 Å². The van der Waals surface area contributed by atoms with Crippen LogP contribution >= 0.6 is 0 Å². The van der Waals surface area contributed by atoms with Crippen molar-refractivity contribution in [2.45, 2.75) is 33.2 Å². The van der Waals surface area contributed by atoms with Gasteiger partial charge in [0.1, 0.15) is 11.5 Å². The van der Waals surface area contributed by atoms with Crippen molar-refractivity contribution in [1.82, 2.24) is 9.78 Å². The van der Waals surface area contributed by atoms with E-state index in [1.807, 2.05) is 13.0 Å². The third-order valence-corrected chi connectivity index (χ3v) is 5.47. The summed E-state index contributed by atoms with van der Waals surface area (Å²) in [6, 6.07) is 11.8. The number of methoxy groups -OCH3 is 1. The number of ether oxygens (including phenoxy) is 1. The highest BCUT2D eigenvalue weighted by atomic mass is 19.1. The van der Waals surface area contributed by atoms with E-state index < -0.39 is 0 Å². The second-order valence-electron chi connectivity index (χ2n) is 7.94. The summed E-state index contributed by atoms with van der Waals surface area (Å²) in [6.45, 7) is 4.00. The van der Waals surface area contributed by atoms with E-state index in [9.17, 15) is 9.18 Å². The van der Waals surface area contributed by atoms with Crippen LogP contribution in [0, 0.1) is 24.1 Å². The minimum absolute atomic E-state index is 0.274. The Hall–Kier alpha value is -3.48. The van der Waals surface area contributed by atoms with Gasteiger partial charge in [-0.25, -0.2) is 9.07 Å². The van der Waals surface area contributed by atoms with Gasteiger partial charge in [-0.05, 0) is 62.4 Å². The Kier molecular flexibility index (Phi) is 5.59. The van der Waals surface area contributed by atoms with Gasteiger partial charge in [-0.3, -0.25) is 4.79 Å². The molecule has 0 amide bonds. The standard InChI is InChI=1S/C24H25FN4O2/c1-14-6-4-8-18(25)22(14)20-12-21(24(30)29(28-20)13-16-10-11-16)27-19-9-5-7-17(15(2)26)23(19)31-3/h4-9,12,16,26-27H,10-11,13H2,1-3H3. The first-order chi connectivity index (χ1) is 14.9. The van der Waals surface area contributed by atoms with Gasteiger partial charge in [-0.2, -0.15) is 5.10 Å². The van der Waals surface area contributed by atoms with Crippen molar-refractivity contribution < 1.29 is 9.13 Å². The number of anilines is 2. The number of halogens is 1. The van der Waals surface area contributed by atoms with Gasteiger partial charge >= 0.3 is 0 Å². The van der Waals surface area contributed by atoms with Gasteiger partial charge in [0.05, 0.1) is 18.5 Å². The first-order valence-corrected chi connectivity index (χ1v) is 10.3. The average Bonchev–Trinajstić information content (AvgIpc) is 3.55. The molecule has 1 fully saturated rings. The lowest BCUT2D eigenvalue weighted by atomic mass is 10.0. The van der Waals surface area contributed by atoms with E-state index in [1.54, 1.807) is 37.3 Å². The van der Waals surface area contributed by atoms with E-state index in [1.165, 1.54) is 17.9 Å². The topological polar surface area (TPSA) is 80.0 Å². The summed E-state index contributed by atoms with van der Waals surface area (Å²) in [4.78, 5) is 13.2. The number of para-hydroxylation sites is 1. The molecule has 1 aliphatic carbocycles. The number of nitrogens with zero attached hydrogens (tertiary/aromatic N) is 2. The molecule has 1 aromatic heterocycles. The Morgan fingerprint density at radius 1 is 1.26 bits per heavy atom. The molecular formula is C24H25FN4O2. The molecule has 2 aromatic carbocycles. The second kappa shape index (κ2) is 8.34. The smallest absolute Gasteiger partial charge is 0.290 e. The largest absolute Gasteiger partial charge is 0.494 e. The lowest BCUT2D eigenvalue weighted by molar-refractivity contribution is 0.416. The molecule has 7 heteroatoms. The highest BCUT2D eigenvalue weighted by molar-refractivity contribution is 6.00. The van der Waals surface area contributed by atoms with Gasteiger partial charge in [0.2, 0.25) is 0 Å². The predicted octanol–water partition coefficient (Wildman–Crippen LogP) is 4.91. The van der Waals surface area contributed by atoms with Crippen LogP contribution < -0.4 is 15.6 Å². The van der Waals surface area contributed by atoms with Crippen LogP contribution in [0.3, 0.4) is 0 Å². The van der Waals surface area contributed by atoms with Crippen LogP contribution in [0.15, 0.2) is 47.3 Å². The summed E-state index contributed by atoms with van der Waals surface area (Å²) >= 11 is 0. The third kappa shape index (κ3) is 4.21. The van der Waals surface area contributed by atoms with Crippen LogP contribution in [0.1, 0.15) is 30.9 Å². The van der Waals surface area contributed by atoms with Crippen LogP contribution in [0.25, 0.3) is 11.3 Å². The van der Waals surface area contributed by atoms with Crippen LogP contribution in [0.2, 0.25) is 0 Å². The molecule has 6 nitrogen and oxygen atoms in total. The summed E-state index contributed by atoms with van der Waals surface area (Å²) < 4.78 is 21.6. The zero-order valence-electron chi connectivity index (χ0n) is 17.8. The van der Waals surface area contributed by atoms with Crippen molar-refractivity contribution in [2.24, 2.45) is 5.92 Å².